The Labute approximate surface area is 156 Å². The molecular formula is C20H21N3O4. The minimum Gasteiger partial charge on any atom is -0.324 e. The molecule has 1 aromatic carbocycles. The average Bonchev–Trinajstić information content (AvgIpc) is 3.38. The van der Waals surface area contributed by atoms with E-state index in [9.17, 15) is 14.4 Å². The topological polar surface area (TPSA) is 81.5 Å². The van der Waals surface area contributed by atoms with Crippen LogP contribution in [0, 0.1) is 0 Å². The number of fused-ring (bicyclic) bond motifs is 1. The van der Waals surface area contributed by atoms with E-state index in [2.05, 4.69) is 5.10 Å². The lowest BCUT2D eigenvalue weighted by Crippen LogP contribution is -2.33. The van der Waals surface area contributed by atoms with Crippen LogP contribution in [0.4, 0.5) is 0 Å². The fourth-order valence-corrected chi connectivity index (χ4v) is 3.89. The van der Waals surface area contributed by atoms with Crippen LogP contribution < -0.4 is 0 Å². The predicted octanol–water partition coefficient (Wildman–Crippen LogP) is 3.32. The Balaban J connectivity index is 1.59. The van der Waals surface area contributed by atoms with Gasteiger partial charge in [-0.2, -0.15) is 5.10 Å². The fourth-order valence-electron chi connectivity index (χ4n) is 3.89. The summed E-state index contributed by atoms with van der Waals surface area (Å²) in [6.45, 7) is 2.03. The van der Waals surface area contributed by atoms with Crippen LogP contribution in [0.15, 0.2) is 30.5 Å². The van der Waals surface area contributed by atoms with E-state index in [1.807, 2.05) is 11.6 Å². The smallest absolute Gasteiger partial charge is 0.324 e. The Hall–Kier alpha value is -2.96. The van der Waals surface area contributed by atoms with E-state index in [-0.39, 0.29) is 11.1 Å². The summed E-state index contributed by atoms with van der Waals surface area (Å²) in [7, 11) is 0. The quantitative estimate of drug-likeness (QED) is 0.757. The lowest BCUT2D eigenvalue weighted by Gasteiger charge is -2.16. The summed E-state index contributed by atoms with van der Waals surface area (Å²) in [6.07, 6.45) is 7.44. The lowest BCUT2D eigenvalue weighted by atomic mass is 10.1. The molecule has 1 saturated carbocycles. The van der Waals surface area contributed by atoms with Crippen LogP contribution in [0.1, 0.15) is 81.8 Å². The number of aromatic nitrogens is 2. The van der Waals surface area contributed by atoms with Crippen molar-refractivity contribution in [2.75, 3.05) is 0 Å². The molecule has 0 saturated heterocycles. The van der Waals surface area contributed by atoms with Gasteiger partial charge in [-0.05, 0) is 31.4 Å². The summed E-state index contributed by atoms with van der Waals surface area (Å²) in [5.74, 6) is -1.97. The van der Waals surface area contributed by atoms with Gasteiger partial charge in [0.2, 0.25) is 0 Å². The van der Waals surface area contributed by atoms with Gasteiger partial charge >= 0.3 is 5.97 Å². The number of hydrogen-bond donors (Lipinski definition) is 0. The Bertz CT molecular complexity index is 877. The molecule has 0 atom stereocenters. The molecule has 7 nitrogen and oxygen atoms in total. The van der Waals surface area contributed by atoms with E-state index >= 15 is 0 Å². The Kier molecular flexibility index (Phi) is 4.51. The third kappa shape index (κ3) is 2.93. The highest BCUT2D eigenvalue weighted by molar-refractivity contribution is 6.21. The standard InChI is InChI=1S/C20H21N3O4/c1-2-7-17-16(12-21-22(17)13-8-3-4-9-13)20(26)27-23-18(24)14-10-5-6-11-15(14)19(23)25/h5-6,10-13H,2-4,7-9H2,1H3. The number of hydroxylamine groups is 2. The second-order valence-electron chi connectivity index (χ2n) is 6.97. The van der Waals surface area contributed by atoms with Crippen LogP contribution in [0.3, 0.4) is 0 Å². The van der Waals surface area contributed by atoms with Crippen LogP contribution >= 0.6 is 0 Å². The molecule has 0 N–H and O–H groups in total. The van der Waals surface area contributed by atoms with E-state index in [1.165, 1.54) is 6.20 Å². The molecule has 140 valence electrons. The zero-order valence-corrected chi connectivity index (χ0v) is 15.2. The average molecular weight is 367 g/mol. The molecule has 2 amide bonds. The Morgan fingerprint density at radius 1 is 1.15 bits per heavy atom. The summed E-state index contributed by atoms with van der Waals surface area (Å²) in [5, 5.41) is 4.97. The first-order valence-electron chi connectivity index (χ1n) is 9.38. The van der Waals surface area contributed by atoms with Crippen molar-refractivity contribution in [2.24, 2.45) is 0 Å². The first-order valence-corrected chi connectivity index (χ1v) is 9.38. The van der Waals surface area contributed by atoms with Crippen molar-refractivity contribution in [3.05, 3.63) is 52.8 Å². The van der Waals surface area contributed by atoms with Gasteiger partial charge in [-0.25, -0.2) is 4.79 Å². The molecule has 1 aliphatic heterocycles. The van der Waals surface area contributed by atoms with E-state index < -0.39 is 17.8 Å². The molecule has 0 radical (unpaired) electrons. The van der Waals surface area contributed by atoms with Crippen LogP contribution in [-0.2, 0) is 11.3 Å². The molecule has 0 unspecified atom stereocenters. The molecule has 2 aliphatic rings. The van der Waals surface area contributed by atoms with Gasteiger partial charge in [-0.3, -0.25) is 14.3 Å². The Morgan fingerprint density at radius 2 is 1.78 bits per heavy atom. The van der Waals surface area contributed by atoms with Gasteiger partial charge in [0.25, 0.3) is 11.8 Å². The van der Waals surface area contributed by atoms with Crippen LogP contribution in [0.25, 0.3) is 0 Å². The van der Waals surface area contributed by atoms with Crippen molar-refractivity contribution in [1.29, 1.82) is 0 Å². The van der Waals surface area contributed by atoms with Crippen LogP contribution in [0.5, 0.6) is 0 Å². The molecule has 4 rings (SSSR count). The third-order valence-electron chi connectivity index (χ3n) is 5.21. The molecule has 7 heteroatoms. The van der Waals surface area contributed by atoms with E-state index in [0.29, 0.717) is 23.1 Å². The summed E-state index contributed by atoms with van der Waals surface area (Å²) >= 11 is 0. The Morgan fingerprint density at radius 3 is 2.37 bits per heavy atom. The highest BCUT2D eigenvalue weighted by Gasteiger charge is 2.39. The predicted molar refractivity (Wildman–Crippen MR) is 96.1 cm³/mol. The van der Waals surface area contributed by atoms with E-state index in [1.54, 1.807) is 24.3 Å². The molecule has 1 aliphatic carbocycles. The number of rotatable bonds is 5. The van der Waals surface area contributed by atoms with Crippen LogP contribution in [0.2, 0.25) is 0 Å². The summed E-state index contributed by atoms with van der Waals surface area (Å²) in [6, 6.07) is 6.72. The molecular weight excluding hydrogens is 346 g/mol. The number of carbonyl (C=O) groups is 3. The maximum absolute atomic E-state index is 12.7. The maximum Gasteiger partial charge on any atom is 0.367 e. The minimum atomic E-state index is -0.725. The molecule has 1 fully saturated rings. The van der Waals surface area contributed by atoms with E-state index in [4.69, 9.17) is 4.84 Å². The fraction of sp³-hybridized carbons (Fsp3) is 0.400. The monoisotopic (exact) mass is 367 g/mol. The zero-order valence-electron chi connectivity index (χ0n) is 15.2. The third-order valence-corrected chi connectivity index (χ3v) is 5.21. The molecule has 0 bridgehead atoms. The van der Waals surface area contributed by atoms with Gasteiger partial charge in [-0.15, -0.1) is 0 Å². The highest BCUT2D eigenvalue weighted by Crippen LogP contribution is 2.31. The van der Waals surface area contributed by atoms with Crippen molar-refractivity contribution in [2.45, 2.75) is 51.5 Å². The second kappa shape index (κ2) is 6.98. The van der Waals surface area contributed by atoms with Gasteiger partial charge in [0.05, 0.1) is 29.1 Å². The first-order chi connectivity index (χ1) is 13.1. The van der Waals surface area contributed by atoms with Gasteiger partial charge in [0, 0.05) is 0 Å². The van der Waals surface area contributed by atoms with Crippen molar-refractivity contribution in [3.8, 4) is 0 Å². The molecule has 27 heavy (non-hydrogen) atoms. The zero-order chi connectivity index (χ0) is 19.0. The molecule has 2 heterocycles. The number of hydrogen-bond acceptors (Lipinski definition) is 5. The number of carbonyl (C=O) groups excluding carboxylic acids is 3. The molecule has 2 aromatic rings. The molecule has 0 spiro atoms. The summed E-state index contributed by atoms with van der Waals surface area (Å²) < 4.78 is 1.93. The van der Waals surface area contributed by atoms with Gasteiger partial charge in [0.1, 0.15) is 5.56 Å². The largest absolute Gasteiger partial charge is 0.367 e. The van der Waals surface area contributed by atoms with Gasteiger partial charge in [0.15, 0.2) is 0 Å². The number of amides is 2. The summed E-state index contributed by atoms with van der Waals surface area (Å²) in [5.41, 5.74) is 1.61. The molecule has 1 aromatic heterocycles. The number of nitrogens with zero attached hydrogens (tertiary/aromatic N) is 3. The first kappa shape index (κ1) is 17.5. The second-order valence-corrected chi connectivity index (χ2v) is 6.97. The van der Waals surface area contributed by atoms with Crippen LogP contribution in [-0.4, -0.2) is 32.6 Å². The van der Waals surface area contributed by atoms with Crippen molar-refractivity contribution in [1.82, 2.24) is 14.8 Å². The normalized spacial score (nSPS) is 16.9. The number of imide groups is 1. The number of benzene rings is 1. The highest BCUT2D eigenvalue weighted by atomic mass is 16.7. The SMILES string of the molecule is CCCc1c(C(=O)ON2C(=O)c3ccccc3C2=O)cnn1C1CCCC1. The minimum absolute atomic E-state index is 0.241. The van der Waals surface area contributed by atoms with Crippen molar-refractivity contribution in [3.63, 3.8) is 0 Å². The van der Waals surface area contributed by atoms with Gasteiger partial charge < -0.3 is 4.84 Å². The lowest BCUT2D eigenvalue weighted by molar-refractivity contribution is -0.0585. The van der Waals surface area contributed by atoms with Crippen molar-refractivity contribution < 1.29 is 19.2 Å². The summed E-state index contributed by atoms with van der Waals surface area (Å²) in [4.78, 5) is 42.8. The van der Waals surface area contributed by atoms with Gasteiger partial charge in [-0.1, -0.05) is 43.4 Å². The van der Waals surface area contributed by atoms with E-state index in [0.717, 1.165) is 37.8 Å². The maximum atomic E-state index is 12.7. The van der Waals surface area contributed by atoms with Crippen molar-refractivity contribution >= 4 is 17.8 Å².